The van der Waals surface area contributed by atoms with Gasteiger partial charge in [-0.1, -0.05) is 13.8 Å². The molecule has 1 aromatic heterocycles. The quantitative estimate of drug-likeness (QED) is 0.859. The molecular weight excluding hydrogens is 244 g/mol. The average Bonchev–Trinajstić information content (AvgIpc) is 2.37. The summed E-state index contributed by atoms with van der Waals surface area (Å²) in [6, 6.07) is 6.67. The molecule has 2 rings (SSSR count). The summed E-state index contributed by atoms with van der Waals surface area (Å²) in [6.45, 7) is 3.91. The van der Waals surface area contributed by atoms with E-state index in [2.05, 4.69) is 0 Å². The van der Waals surface area contributed by atoms with Crippen LogP contribution in [0.5, 0.6) is 5.75 Å². The van der Waals surface area contributed by atoms with Gasteiger partial charge in [-0.25, -0.2) is 4.79 Å². The molecule has 0 aliphatic heterocycles. The maximum Gasteiger partial charge on any atom is 0.336 e. The Kier molecular flexibility index (Phi) is 3.90. The SMILES string of the molecule is COc1cc2ccc(=O)oc2cc1CC(O)C(C)C. The summed E-state index contributed by atoms with van der Waals surface area (Å²) in [7, 11) is 1.59. The van der Waals surface area contributed by atoms with E-state index in [-0.39, 0.29) is 11.5 Å². The Morgan fingerprint density at radius 3 is 2.68 bits per heavy atom. The topological polar surface area (TPSA) is 59.7 Å². The third kappa shape index (κ3) is 2.96. The van der Waals surface area contributed by atoms with Gasteiger partial charge in [0.15, 0.2) is 0 Å². The van der Waals surface area contributed by atoms with E-state index in [9.17, 15) is 9.90 Å². The molecule has 1 aromatic carbocycles. The molecule has 1 atom stereocenters. The Hall–Kier alpha value is -1.81. The van der Waals surface area contributed by atoms with Crippen LogP contribution < -0.4 is 10.4 Å². The van der Waals surface area contributed by atoms with E-state index in [1.54, 1.807) is 19.2 Å². The van der Waals surface area contributed by atoms with Gasteiger partial charge in [0.1, 0.15) is 11.3 Å². The molecule has 102 valence electrons. The van der Waals surface area contributed by atoms with Gasteiger partial charge in [-0.3, -0.25) is 0 Å². The van der Waals surface area contributed by atoms with Gasteiger partial charge in [0, 0.05) is 23.4 Å². The van der Waals surface area contributed by atoms with Crippen LogP contribution in [0.3, 0.4) is 0 Å². The van der Waals surface area contributed by atoms with E-state index < -0.39 is 6.10 Å². The van der Waals surface area contributed by atoms with Crippen molar-refractivity contribution in [2.45, 2.75) is 26.4 Å². The number of aliphatic hydroxyl groups excluding tert-OH is 1. The van der Waals surface area contributed by atoms with Gasteiger partial charge in [-0.2, -0.15) is 0 Å². The van der Waals surface area contributed by atoms with E-state index in [0.717, 1.165) is 10.9 Å². The van der Waals surface area contributed by atoms with E-state index >= 15 is 0 Å². The van der Waals surface area contributed by atoms with Crippen molar-refractivity contribution in [3.8, 4) is 5.75 Å². The van der Waals surface area contributed by atoms with Crippen LogP contribution in [0.25, 0.3) is 11.0 Å². The number of ether oxygens (including phenoxy) is 1. The Bertz CT molecular complexity index is 628. The second-order valence-electron chi connectivity index (χ2n) is 4.97. The molecular formula is C15H18O4. The molecule has 4 nitrogen and oxygen atoms in total. The Labute approximate surface area is 111 Å². The number of hydrogen-bond acceptors (Lipinski definition) is 4. The Morgan fingerprint density at radius 2 is 2.05 bits per heavy atom. The van der Waals surface area contributed by atoms with Gasteiger partial charge in [0.25, 0.3) is 0 Å². The minimum Gasteiger partial charge on any atom is -0.496 e. The van der Waals surface area contributed by atoms with Crippen molar-refractivity contribution >= 4 is 11.0 Å². The summed E-state index contributed by atoms with van der Waals surface area (Å²) < 4.78 is 10.5. The molecule has 0 saturated carbocycles. The lowest BCUT2D eigenvalue weighted by Gasteiger charge is -2.16. The molecule has 0 aliphatic rings. The summed E-state index contributed by atoms with van der Waals surface area (Å²) in [5.41, 5.74) is 0.970. The van der Waals surface area contributed by atoms with Crippen molar-refractivity contribution in [2.75, 3.05) is 7.11 Å². The summed E-state index contributed by atoms with van der Waals surface area (Å²) in [6.07, 6.45) is 0.0110. The normalized spacial score (nSPS) is 12.9. The van der Waals surface area contributed by atoms with Crippen LogP contribution in [-0.2, 0) is 6.42 Å². The number of aliphatic hydroxyl groups is 1. The molecule has 4 heteroatoms. The fourth-order valence-electron chi connectivity index (χ4n) is 1.95. The lowest BCUT2D eigenvalue weighted by Crippen LogP contribution is -2.18. The smallest absolute Gasteiger partial charge is 0.336 e. The molecule has 0 radical (unpaired) electrons. The molecule has 0 fully saturated rings. The van der Waals surface area contributed by atoms with E-state index in [1.165, 1.54) is 6.07 Å². The summed E-state index contributed by atoms with van der Waals surface area (Å²) >= 11 is 0. The van der Waals surface area contributed by atoms with Gasteiger partial charge < -0.3 is 14.3 Å². The number of hydrogen-bond donors (Lipinski definition) is 1. The van der Waals surface area contributed by atoms with E-state index in [4.69, 9.17) is 9.15 Å². The molecule has 1 N–H and O–H groups in total. The molecule has 0 amide bonds. The van der Waals surface area contributed by atoms with E-state index in [0.29, 0.717) is 17.8 Å². The second-order valence-corrected chi connectivity index (χ2v) is 4.97. The van der Waals surface area contributed by atoms with Gasteiger partial charge in [-0.05, 0) is 24.1 Å². The first-order chi connectivity index (χ1) is 9.01. The largest absolute Gasteiger partial charge is 0.496 e. The van der Waals surface area contributed by atoms with Crippen LogP contribution >= 0.6 is 0 Å². The lowest BCUT2D eigenvalue weighted by atomic mass is 9.98. The zero-order valence-electron chi connectivity index (χ0n) is 11.3. The fourth-order valence-corrected chi connectivity index (χ4v) is 1.95. The van der Waals surface area contributed by atoms with Crippen LogP contribution in [0.2, 0.25) is 0 Å². The predicted octanol–water partition coefficient (Wildman–Crippen LogP) is 2.36. The maximum absolute atomic E-state index is 11.2. The first kappa shape index (κ1) is 13.6. The van der Waals surface area contributed by atoms with Crippen molar-refractivity contribution in [2.24, 2.45) is 5.92 Å². The molecule has 0 spiro atoms. The van der Waals surface area contributed by atoms with Gasteiger partial charge >= 0.3 is 5.63 Å². The van der Waals surface area contributed by atoms with Crippen LogP contribution in [0, 0.1) is 5.92 Å². The summed E-state index contributed by atoms with van der Waals surface area (Å²) in [5, 5.41) is 10.8. The van der Waals surface area contributed by atoms with Crippen molar-refractivity contribution in [1.29, 1.82) is 0 Å². The van der Waals surface area contributed by atoms with Crippen molar-refractivity contribution in [3.63, 3.8) is 0 Å². The first-order valence-corrected chi connectivity index (χ1v) is 6.30. The Balaban J connectivity index is 2.49. The number of methoxy groups -OCH3 is 1. The Morgan fingerprint density at radius 1 is 1.32 bits per heavy atom. The monoisotopic (exact) mass is 262 g/mol. The standard InChI is InChI=1S/C15H18O4/c1-9(2)12(16)6-11-8-14-10(7-13(11)18-3)4-5-15(17)19-14/h4-5,7-9,12,16H,6H2,1-3H3. The average molecular weight is 262 g/mol. The highest BCUT2D eigenvalue weighted by molar-refractivity contribution is 5.79. The minimum atomic E-state index is -0.457. The highest BCUT2D eigenvalue weighted by Crippen LogP contribution is 2.27. The highest BCUT2D eigenvalue weighted by atomic mass is 16.5. The van der Waals surface area contributed by atoms with Crippen molar-refractivity contribution < 1.29 is 14.3 Å². The lowest BCUT2D eigenvalue weighted by molar-refractivity contribution is 0.125. The molecule has 1 unspecified atom stereocenters. The molecule has 1 heterocycles. The zero-order chi connectivity index (χ0) is 14.0. The number of fused-ring (bicyclic) bond motifs is 1. The van der Waals surface area contributed by atoms with Crippen molar-refractivity contribution in [3.05, 3.63) is 40.2 Å². The second kappa shape index (κ2) is 5.45. The third-order valence-electron chi connectivity index (χ3n) is 3.22. The van der Waals surface area contributed by atoms with E-state index in [1.807, 2.05) is 19.9 Å². The summed E-state index contributed by atoms with van der Waals surface area (Å²) in [5.74, 6) is 0.851. The van der Waals surface area contributed by atoms with Gasteiger partial charge in [0.05, 0.1) is 13.2 Å². The van der Waals surface area contributed by atoms with Crippen LogP contribution in [0.4, 0.5) is 0 Å². The third-order valence-corrected chi connectivity index (χ3v) is 3.22. The first-order valence-electron chi connectivity index (χ1n) is 6.30. The number of rotatable bonds is 4. The van der Waals surface area contributed by atoms with Crippen LogP contribution in [0.15, 0.2) is 33.5 Å². The van der Waals surface area contributed by atoms with Gasteiger partial charge in [-0.15, -0.1) is 0 Å². The zero-order valence-corrected chi connectivity index (χ0v) is 11.3. The predicted molar refractivity (Wildman–Crippen MR) is 73.6 cm³/mol. The molecule has 0 saturated heterocycles. The molecule has 2 aromatic rings. The minimum absolute atomic E-state index is 0.156. The number of benzene rings is 1. The fraction of sp³-hybridized carbons (Fsp3) is 0.400. The maximum atomic E-state index is 11.2. The summed E-state index contributed by atoms with van der Waals surface area (Å²) in [4.78, 5) is 11.2. The van der Waals surface area contributed by atoms with Crippen LogP contribution in [0.1, 0.15) is 19.4 Å². The van der Waals surface area contributed by atoms with Crippen LogP contribution in [-0.4, -0.2) is 18.3 Å². The molecule has 19 heavy (non-hydrogen) atoms. The van der Waals surface area contributed by atoms with Crippen molar-refractivity contribution in [1.82, 2.24) is 0 Å². The molecule has 0 aliphatic carbocycles. The van der Waals surface area contributed by atoms with Gasteiger partial charge in [0.2, 0.25) is 0 Å². The molecule has 0 bridgehead atoms. The highest BCUT2D eigenvalue weighted by Gasteiger charge is 2.15.